The third-order valence-corrected chi connectivity index (χ3v) is 5.65. The summed E-state index contributed by atoms with van der Waals surface area (Å²) >= 11 is 1.71. The van der Waals surface area contributed by atoms with Gasteiger partial charge in [0.25, 0.3) is 5.91 Å². The van der Waals surface area contributed by atoms with E-state index in [1.165, 1.54) is 5.56 Å². The van der Waals surface area contributed by atoms with Gasteiger partial charge in [0.15, 0.2) is 0 Å². The highest BCUT2D eigenvalue weighted by molar-refractivity contribution is 7.07. The van der Waals surface area contributed by atoms with Crippen molar-refractivity contribution in [3.05, 3.63) is 70.1 Å². The highest BCUT2D eigenvalue weighted by atomic mass is 32.1. The molecule has 1 saturated heterocycles. The summed E-state index contributed by atoms with van der Waals surface area (Å²) < 4.78 is 5.71. The first-order chi connectivity index (χ1) is 13.2. The van der Waals surface area contributed by atoms with Crippen molar-refractivity contribution in [2.24, 2.45) is 5.92 Å². The van der Waals surface area contributed by atoms with Gasteiger partial charge in [-0.25, -0.2) is 0 Å². The van der Waals surface area contributed by atoms with Gasteiger partial charge >= 0.3 is 0 Å². The molecular weight excluding hydrogens is 360 g/mol. The molecule has 0 saturated carbocycles. The van der Waals surface area contributed by atoms with Crippen molar-refractivity contribution in [2.45, 2.75) is 19.4 Å². The van der Waals surface area contributed by atoms with Crippen LogP contribution in [-0.4, -0.2) is 40.6 Å². The Morgan fingerprint density at radius 2 is 2.11 bits per heavy atom. The molecule has 0 aliphatic carbocycles. The van der Waals surface area contributed by atoms with Crippen LogP contribution in [0.15, 0.2) is 51.6 Å². The van der Waals surface area contributed by atoms with Crippen molar-refractivity contribution < 1.29 is 9.21 Å². The Labute approximate surface area is 162 Å². The molecule has 0 unspecified atom stereocenters. The molecule has 0 radical (unpaired) electrons. The topological polar surface area (TPSA) is 71.3 Å². The van der Waals surface area contributed by atoms with Gasteiger partial charge in [-0.15, -0.1) is 10.2 Å². The molecule has 3 heterocycles. The standard InChI is InChI=1S/C20H22N4O2S/c1-14-22-23-20(26-14)18-12-24(10-15-7-8-27-13-15)11-17(18)9-21-19(25)16-5-3-2-4-6-16/h2-8,13,17-18H,9-12H2,1H3,(H,21,25)/t17-,18-/m0/s1. The first-order valence-corrected chi connectivity index (χ1v) is 10.00. The summed E-state index contributed by atoms with van der Waals surface area (Å²) in [5, 5.41) is 15.6. The van der Waals surface area contributed by atoms with E-state index >= 15 is 0 Å². The number of amides is 1. The number of hydrogen-bond donors (Lipinski definition) is 1. The molecule has 1 aliphatic rings. The van der Waals surface area contributed by atoms with Crippen molar-refractivity contribution >= 4 is 17.2 Å². The molecule has 1 fully saturated rings. The lowest BCUT2D eigenvalue weighted by Crippen LogP contribution is -2.32. The fourth-order valence-electron chi connectivity index (χ4n) is 3.59. The molecule has 1 amide bonds. The van der Waals surface area contributed by atoms with Crippen LogP contribution in [0.2, 0.25) is 0 Å². The van der Waals surface area contributed by atoms with Gasteiger partial charge < -0.3 is 9.73 Å². The van der Waals surface area contributed by atoms with Crippen molar-refractivity contribution in [2.75, 3.05) is 19.6 Å². The van der Waals surface area contributed by atoms with Crippen LogP contribution in [-0.2, 0) is 6.54 Å². The van der Waals surface area contributed by atoms with Crippen molar-refractivity contribution in [1.29, 1.82) is 0 Å². The van der Waals surface area contributed by atoms with Gasteiger partial charge in [0.05, 0.1) is 5.92 Å². The largest absolute Gasteiger partial charge is 0.425 e. The first-order valence-electron chi connectivity index (χ1n) is 9.05. The van der Waals surface area contributed by atoms with E-state index in [1.54, 1.807) is 18.3 Å². The minimum absolute atomic E-state index is 0.0488. The lowest BCUT2D eigenvalue weighted by molar-refractivity contribution is 0.0945. The van der Waals surface area contributed by atoms with Gasteiger partial charge in [-0.2, -0.15) is 11.3 Å². The van der Waals surface area contributed by atoms with Crippen LogP contribution in [0.3, 0.4) is 0 Å². The maximum absolute atomic E-state index is 12.4. The number of thiophene rings is 1. The van der Waals surface area contributed by atoms with Gasteiger partial charge in [0.2, 0.25) is 11.8 Å². The molecule has 1 aliphatic heterocycles. The molecule has 4 rings (SSSR count). The van der Waals surface area contributed by atoms with E-state index in [4.69, 9.17) is 4.42 Å². The van der Waals surface area contributed by atoms with Gasteiger partial charge in [0, 0.05) is 44.6 Å². The van der Waals surface area contributed by atoms with Gasteiger partial charge in [0.1, 0.15) is 0 Å². The SMILES string of the molecule is Cc1nnc([C@H]2CN(Cc3ccsc3)C[C@@H]2CNC(=O)c2ccccc2)o1. The van der Waals surface area contributed by atoms with E-state index in [9.17, 15) is 4.79 Å². The number of rotatable bonds is 6. The molecule has 0 spiro atoms. The maximum Gasteiger partial charge on any atom is 0.251 e. The summed E-state index contributed by atoms with van der Waals surface area (Å²) in [7, 11) is 0. The van der Waals surface area contributed by atoms with Crippen molar-refractivity contribution in [1.82, 2.24) is 20.4 Å². The zero-order chi connectivity index (χ0) is 18.6. The van der Waals surface area contributed by atoms with Crippen LogP contribution in [0, 0.1) is 12.8 Å². The Morgan fingerprint density at radius 1 is 1.26 bits per heavy atom. The molecule has 3 aromatic rings. The number of aryl methyl sites for hydroxylation is 1. The van der Waals surface area contributed by atoms with Crippen LogP contribution >= 0.6 is 11.3 Å². The van der Waals surface area contributed by atoms with E-state index in [0.717, 1.165) is 19.6 Å². The molecule has 2 aromatic heterocycles. The quantitative estimate of drug-likeness (QED) is 0.709. The highest BCUT2D eigenvalue weighted by Crippen LogP contribution is 2.32. The fourth-order valence-corrected chi connectivity index (χ4v) is 4.25. The molecule has 1 N–H and O–H groups in total. The zero-order valence-electron chi connectivity index (χ0n) is 15.2. The summed E-state index contributed by atoms with van der Waals surface area (Å²) in [6.45, 7) is 5.03. The summed E-state index contributed by atoms with van der Waals surface area (Å²) in [6.07, 6.45) is 0. The highest BCUT2D eigenvalue weighted by Gasteiger charge is 2.37. The van der Waals surface area contributed by atoms with Crippen LogP contribution in [0.5, 0.6) is 0 Å². The number of nitrogens with one attached hydrogen (secondary N) is 1. The Hall–Kier alpha value is -2.51. The molecule has 2 atom stereocenters. The monoisotopic (exact) mass is 382 g/mol. The molecule has 1 aromatic carbocycles. The van der Waals surface area contributed by atoms with Crippen LogP contribution in [0.25, 0.3) is 0 Å². The minimum Gasteiger partial charge on any atom is -0.425 e. The number of aromatic nitrogens is 2. The zero-order valence-corrected chi connectivity index (χ0v) is 16.0. The van der Waals surface area contributed by atoms with E-state index in [-0.39, 0.29) is 17.7 Å². The lowest BCUT2D eigenvalue weighted by Gasteiger charge is -2.16. The molecule has 140 valence electrons. The molecule has 6 nitrogen and oxygen atoms in total. The second-order valence-electron chi connectivity index (χ2n) is 6.93. The molecule has 27 heavy (non-hydrogen) atoms. The van der Waals surface area contributed by atoms with E-state index in [2.05, 4.69) is 37.2 Å². The smallest absolute Gasteiger partial charge is 0.251 e. The average Bonchev–Trinajstić information content (AvgIpc) is 3.42. The minimum atomic E-state index is -0.0488. The average molecular weight is 382 g/mol. The number of likely N-dealkylation sites (tertiary alicyclic amines) is 1. The van der Waals surface area contributed by atoms with Crippen molar-refractivity contribution in [3.8, 4) is 0 Å². The summed E-state index contributed by atoms with van der Waals surface area (Å²) in [4.78, 5) is 14.8. The Kier molecular flexibility index (Phi) is 5.31. The summed E-state index contributed by atoms with van der Waals surface area (Å²) in [5.41, 5.74) is 1.99. The maximum atomic E-state index is 12.4. The lowest BCUT2D eigenvalue weighted by atomic mass is 9.96. The van der Waals surface area contributed by atoms with Gasteiger partial charge in [-0.05, 0) is 34.5 Å². The van der Waals surface area contributed by atoms with E-state index in [0.29, 0.717) is 23.9 Å². The van der Waals surface area contributed by atoms with Crippen molar-refractivity contribution in [3.63, 3.8) is 0 Å². The van der Waals surface area contributed by atoms with E-state index < -0.39 is 0 Å². The second-order valence-corrected chi connectivity index (χ2v) is 7.71. The Morgan fingerprint density at radius 3 is 2.81 bits per heavy atom. The van der Waals surface area contributed by atoms with Crippen LogP contribution < -0.4 is 5.32 Å². The third-order valence-electron chi connectivity index (χ3n) is 4.92. The number of hydrogen-bond acceptors (Lipinski definition) is 6. The fraction of sp³-hybridized carbons (Fsp3) is 0.350. The molecular formula is C20H22N4O2S. The second kappa shape index (κ2) is 8.02. The molecule has 0 bridgehead atoms. The summed E-state index contributed by atoms with van der Waals surface area (Å²) in [5.74, 6) is 1.55. The predicted octanol–water partition coefficient (Wildman–Crippen LogP) is 3.09. The van der Waals surface area contributed by atoms with Crippen LogP contribution in [0.4, 0.5) is 0 Å². The third kappa shape index (κ3) is 4.26. The Bertz CT molecular complexity index is 879. The molecule has 7 heteroatoms. The summed E-state index contributed by atoms with van der Waals surface area (Å²) in [6, 6.07) is 11.5. The normalized spacial score (nSPS) is 20.0. The number of nitrogens with zero attached hydrogens (tertiary/aromatic N) is 3. The number of carbonyl (C=O) groups is 1. The predicted molar refractivity (Wildman–Crippen MR) is 104 cm³/mol. The van der Waals surface area contributed by atoms with Gasteiger partial charge in [-0.3, -0.25) is 9.69 Å². The number of benzene rings is 1. The van der Waals surface area contributed by atoms with Crippen LogP contribution in [0.1, 0.15) is 33.6 Å². The first kappa shape index (κ1) is 17.9. The Balaban J connectivity index is 1.44. The van der Waals surface area contributed by atoms with E-state index in [1.807, 2.05) is 30.3 Å². The van der Waals surface area contributed by atoms with Gasteiger partial charge in [-0.1, -0.05) is 18.2 Å². The number of carbonyl (C=O) groups excluding carboxylic acids is 1.